The van der Waals surface area contributed by atoms with Crippen molar-refractivity contribution in [1.29, 1.82) is 0 Å². The Balaban J connectivity index is 2.51. The van der Waals surface area contributed by atoms with Gasteiger partial charge in [-0.2, -0.15) is 0 Å². The molecule has 1 atom stereocenters. The number of aliphatic hydroxyl groups excluding tert-OH is 1. The van der Waals surface area contributed by atoms with E-state index in [4.69, 9.17) is 5.73 Å². The third kappa shape index (κ3) is 1.91. The molecule has 0 aromatic heterocycles. The summed E-state index contributed by atoms with van der Waals surface area (Å²) in [7, 11) is -4.02. The van der Waals surface area contributed by atoms with Crippen molar-refractivity contribution >= 4 is 16.1 Å². The van der Waals surface area contributed by atoms with Gasteiger partial charge < -0.3 is 19.2 Å². The summed E-state index contributed by atoms with van der Waals surface area (Å²) in [6.45, 7) is 1.57. The van der Waals surface area contributed by atoms with Crippen molar-refractivity contribution < 1.29 is 21.9 Å². The lowest BCUT2D eigenvalue weighted by molar-refractivity contribution is 0.195. The smallest absolute Gasteiger partial charge is 0.398 e. The van der Waals surface area contributed by atoms with Gasteiger partial charge in [-0.3, -0.25) is 0 Å². The Morgan fingerprint density at radius 3 is 2.75 bits per heavy atom. The van der Waals surface area contributed by atoms with Gasteiger partial charge in [0.05, 0.1) is 6.10 Å². The summed E-state index contributed by atoms with van der Waals surface area (Å²) >= 11 is 0. The zero-order valence-corrected chi connectivity index (χ0v) is 9.32. The minimum Gasteiger partial charge on any atom is -0.398 e. The second-order valence-corrected chi connectivity index (χ2v) is 4.74. The Morgan fingerprint density at radius 1 is 1.44 bits per heavy atom. The molecule has 7 heteroatoms. The number of hydrogen-bond donors (Lipinski definition) is 2. The Hall–Kier alpha value is -1.47. The first kappa shape index (κ1) is 11.0. The average molecular weight is 245 g/mol. The van der Waals surface area contributed by atoms with Gasteiger partial charge in [-0.05, 0) is 19.1 Å². The van der Waals surface area contributed by atoms with Crippen LogP contribution in [-0.2, 0) is 16.8 Å². The summed E-state index contributed by atoms with van der Waals surface area (Å²) in [5, 5.41) is 9.29. The number of benzene rings is 1. The van der Waals surface area contributed by atoms with Crippen molar-refractivity contribution in [2.75, 3.05) is 5.73 Å². The molecule has 6 nitrogen and oxygen atoms in total. The zero-order chi connectivity index (χ0) is 11.9. The lowest BCUT2D eigenvalue weighted by atomic mass is 10.1. The third-order valence-corrected chi connectivity index (χ3v) is 2.89. The summed E-state index contributed by atoms with van der Waals surface area (Å²) in [4.78, 5) is 0. The van der Waals surface area contributed by atoms with Gasteiger partial charge in [0.25, 0.3) is 0 Å². The van der Waals surface area contributed by atoms with Gasteiger partial charge in [-0.1, -0.05) is 0 Å². The van der Waals surface area contributed by atoms with Gasteiger partial charge in [0, 0.05) is 17.7 Å². The first-order valence-electron chi connectivity index (χ1n) is 4.62. The first-order valence-corrected chi connectivity index (χ1v) is 5.95. The number of fused-ring (bicyclic) bond motifs is 1. The molecule has 88 valence electrons. The van der Waals surface area contributed by atoms with Crippen LogP contribution in [0.2, 0.25) is 0 Å². The largest absolute Gasteiger partial charge is 0.501 e. The molecule has 1 aliphatic heterocycles. The van der Waals surface area contributed by atoms with Gasteiger partial charge in [0.2, 0.25) is 0 Å². The normalized spacial score (nSPS) is 18.4. The van der Waals surface area contributed by atoms with E-state index in [1.807, 2.05) is 0 Å². The van der Waals surface area contributed by atoms with E-state index in [1.165, 1.54) is 12.1 Å². The summed E-state index contributed by atoms with van der Waals surface area (Å²) in [6, 6.07) is 2.93. The van der Waals surface area contributed by atoms with E-state index >= 15 is 0 Å². The standard InChI is InChI=1S/C9H11NO5S/c1-5(11)4-6-7(10)2-3-8-9(6)15-16(12,13)14-8/h2-3,5,11H,4,10H2,1H3. The molecule has 0 spiro atoms. The number of hydrogen-bond acceptors (Lipinski definition) is 6. The Labute approximate surface area is 92.9 Å². The van der Waals surface area contributed by atoms with Crippen LogP contribution in [0.1, 0.15) is 12.5 Å². The Kier molecular flexibility index (Phi) is 2.43. The van der Waals surface area contributed by atoms with Gasteiger partial charge in [-0.15, -0.1) is 8.42 Å². The molecule has 0 radical (unpaired) electrons. The number of anilines is 1. The lowest BCUT2D eigenvalue weighted by Crippen LogP contribution is -2.10. The topological polar surface area (TPSA) is 98.9 Å². The summed E-state index contributed by atoms with van der Waals surface area (Å²) in [6.07, 6.45) is -0.450. The molecule has 1 aliphatic rings. The van der Waals surface area contributed by atoms with Crippen LogP contribution in [0.5, 0.6) is 11.5 Å². The van der Waals surface area contributed by atoms with Crippen molar-refractivity contribution in [1.82, 2.24) is 0 Å². The molecule has 1 unspecified atom stereocenters. The molecule has 0 bridgehead atoms. The number of nitrogen functional groups attached to an aromatic ring is 1. The zero-order valence-electron chi connectivity index (χ0n) is 8.50. The van der Waals surface area contributed by atoms with Crippen molar-refractivity contribution in [2.45, 2.75) is 19.4 Å². The molecule has 1 aromatic rings. The molecule has 0 fully saturated rings. The van der Waals surface area contributed by atoms with E-state index < -0.39 is 16.5 Å². The fraction of sp³-hybridized carbons (Fsp3) is 0.333. The SMILES string of the molecule is CC(O)Cc1c(N)ccc2c1OS(=O)(=O)O2. The molecule has 16 heavy (non-hydrogen) atoms. The first-order chi connectivity index (χ1) is 7.39. The highest BCUT2D eigenvalue weighted by Crippen LogP contribution is 2.41. The Morgan fingerprint density at radius 2 is 2.12 bits per heavy atom. The van der Waals surface area contributed by atoms with Crippen LogP contribution in [0.25, 0.3) is 0 Å². The van der Waals surface area contributed by atoms with Crippen molar-refractivity contribution in [2.24, 2.45) is 0 Å². The minimum atomic E-state index is -4.02. The van der Waals surface area contributed by atoms with Crippen LogP contribution in [0.4, 0.5) is 5.69 Å². The maximum atomic E-state index is 11.1. The molecule has 0 amide bonds. The molecular formula is C9H11NO5S. The molecule has 0 saturated carbocycles. The Bertz CT molecular complexity index is 523. The second kappa shape index (κ2) is 3.53. The van der Waals surface area contributed by atoms with E-state index in [0.29, 0.717) is 11.3 Å². The monoisotopic (exact) mass is 245 g/mol. The third-order valence-electron chi connectivity index (χ3n) is 2.14. The number of aliphatic hydroxyl groups is 1. The molecule has 0 saturated heterocycles. The summed E-state index contributed by atoms with van der Waals surface area (Å²) in [5.74, 6) is 0.172. The highest BCUT2D eigenvalue weighted by Gasteiger charge is 2.32. The fourth-order valence-corrected chi connectivity index (χ4v) is 2.29. The highest BCUT2D eigenvalue weighted by atomic mass is 32.3. The van der Waals surface area contributed by atoms with Crippen molar-refractivity contribution in [3.63, 3.8) is 0 Å². The van der Waals surface area contributed by atoms with E-state index in [-0.39, 0.29) is 17.9 Å². The fourth-order valence-electron chi connectivity index (χ4n) is 1.51. The second-order valence-electron chi connectivity index (χ2n) is 3.59. The molecule has 1 aromatic carbocycles. The van der Waals surface area contributed by atoms with Gasteiger partial charge >= 0.3 is 10.4 Å². The van der Waals surface area contributed by atoms with Crippen molar-refractivity contribution in [3.8, 4) is 11.5 Å². The van der Waals surface area contributed by atoms with Crippen LogP contribution in [0.3, 0.4) is 0 Å². The highest BCUT2D eigenvalue weighted by molar-refractivity contribution is 7.82. The number of rotatable bonds is 2. The predicted molar refractivity (Wildman–Crippen MR) is 56.4 cm³/mol. The quantitative estimate of drug-likeness (QED) is 0.722. The maximum Gasteiger partial charge on any atom is 0.501 e. The minimum absolute atomic E-state index is 0.0703. The van der Waals surface area contributed by atoms with E-state index in [0.717, 1.165) is 0 Å². The van der Waals surface area contributed by atoms with Gasteiger partial charge in [0.1, 0.15) is 0 Å². The van der Waals surface area contributed by atoms with Crippen LogP contribution in [0.15, 0.2) is 12.1 Å². The van der Waals surface area contributed by atoms with Crippen LogP contribution >= 0.6 is 0 Å². The van der Waals surface area contributed by atoms with Crippen molar-refractivity contribution in [3.05, 3.63) is 17.7 Å². The maximum absolute atomic E-state index is 11.1. The summed E-state index contributed by atoms with van der Waals surface area (Å²) < 4.78 is 31.4. The van der Waals surface area contributed by atoms with Gasteiger partial charge in [-0.25, -0.2) is 0 Å². The number of nitrogens with two attached hydrogens (primary N) is 1. The van der Waals surface area contributed by atoms with E-state index in [9.17, 15) is 13.5 Å². The van der Waals surface area contributed by atoms with Crippen LogP contribution < -0.4 is 14.1 Å². The molecular weight excluding hydrogens is 234 g/mol. The predicted octanol–water partition coefficient (Wildman–Crippen LogP) is 0.208. The van der Waals surface area contributed by atoms with Gasteiger partial charge in [0.15, 0.2) is 11.5 Å². The summed E-state index contributed by atoms with van der Waals surface area (Å²) in [5.41, 5.74) is 6.49. The average Bonchev–Trinajstić information content (AvgIpc) is 2.45. The molecule has 1 heterocycles. The molecule has 0 aliphatic carbocycles. The lowest BCUT2D eigenvalue weighted by Gasteiger charge is -2.09. The van der Waals surface area contributed by atoms with E-state index in [1.54, 1.807) is 6.92 Å². The molecule has 2 rings (SSSR count). The van der Waals surface area contributed by atoms with E-state index in [2.05, 4.69) is 8.37 Å². The van der Waals surface area contributed by atoms with Crippen LogP contribution in [0, 0.1) is 0 Å². The van der Waals surface area contributed by atoms with Crippen LogP contribution in [-0.4, -0.2) is 19.6 Å². The molecule has 3 N–H and O–H groups in total.